The van der Waals surface area contributed by atoms with E-state index in [2.05, 4.69) is 10.2 Å². The van der Waals surface area contributed by atoms with Crippen LogP contribution < -0.4 is 0 Å². The molecule has 0 N–H and O–H groups in total. The zero-order valence-electron chi connectivity index (χ0n) is 6.77. The quantitative estimate of drug-likeness (QED) is 0.654. The fourth-order valence-electron chi connectivity index (χ4n) is 1.19. The van der Waals surface area contributed by atoms with Crippen LogP contribution in [0.3, 0.4) is 0 Å². The van der Waals surface area contributed by atoms with Crippen molar-refractivity contribution in [3.05, 3.63) is 12.2 Å². The summed E-state index contributed by atoms with van der Waals surface area (Å²) in [5.74, 6) is 0.347. The van der Waals surface area contributed by atoms with E-state index in [1.54, 1.807) is 11.6 Å². The first-order valence-corrected chi connectivity index (χ1v) is 3.88. The second-order valence-corrected chi connectivity index (χ2v) is 2.90. The number of hydrogen-bond acceptors (Lipinski definition) is 3. The van der Waals surface area contributed by atoms with E-state index in [0.29, 0.717) is 12.4 Å². The van der Waals surface area contributed by atoms with E-state index < -0.39 is 6.17 Å². The molecule has 0 aliphatic carbocycles. The van der Waals surface area contributed by atoms with Crippen LogP contribution in [0, 0.1) is 0 Å². The first kappa shape index (κ1) is 7.67. The number of aromatic nitrogens is 3. The third kappa shape index (κ3) is 1.10. The molecule has 12 heavy (non-hydrogen) atoms. The Hall–Kier alpha value is -0.970. The van der Waals surface area contributed by atoms with Crippen molar-refractivity contribution in [2.45, 2.75) is 18.7 Å². The normalized spacial score (nSPS) is 25.0. The average molecular weight is 171 g/mol. The molecule has 0 amide bonds. The van der Waals surface area contributed by atoms with Gasteiger partial charge in [0.2, 0.25) is 0 Å². The summed E-state index contributed by atoms with van der Waals surface area (Å²) < 4.78 is 20.0. The average Bonchev–Trinajstić information content (AvgIpc) is 2.31. The van der Waals surface area contributed by atoms with Gasteiger partial charge >= 0.3 is 0 Å². The zero-order chi connectivity index (χ0) is 8.55. The molecule has 1 aromatic rings. The van der Waals surface area contributed by atoms with E-state index in [1.807, 2.05) is 0 Å². The predicted octanol–water partition coefficient (Wildman–Crippen LogP) is 0.615. The molecule has 1 fully saturated rings. The molecule has 0 spiro atoms. The van der Waals surface area contributed by atoms with Crippen LogP contribution in [0.25, 0.3) is 0 Å². The molecule has 4 nitrogen and oxygen atoms in total. The number of nitrogens with zero attached hydrogens (tertiary/aromatic N) is 3. The van der Waals surface area contributed by atoms with Crippen LogP contribution in [0.2, 0.25) is 0 Å². The van der Waals surface area contributed by atoms with E-state index >= 15 is 0 Å². The maximum atomic E-state index is 13.4. The molecular formula is C7H10FN3O. The smallest absolute Gasteiger partial charge is 0.186 e. The van der Waals surface area contributed by atoms with Crippen LogP contribution in [0.15, 0.2) is 6.33 Å². The lowest BCUT2D eigenvalue weighted by Gasteiger charge is -2.28. The minimum atomic E-state index is -1.13. The maximum Gasteiger partial charge on any atom is 0.186 e. The van der Waals surface area contributed by atoms with E-state index in [4.69, 9.17) is 4.74 Å². The van der Waals surface area contributed by atoms with Gasteiger partial charge in [0.15, 0.2) is 12.0 Å². The van der Waals surface area contributed by atoms with Crippen molar-refractivity contribution in [2.24, 2.45) is 7.05 Å². The van der Waals surface area contributed by atoms with Crippen LogP contribution in [0.5, 0.6) is 0 Å². The molecular weight excluding hydrogens is 161 g/mol. The molecule has 2 heterocycles. The largest absolute Gasteiger partial charge is 0.375 e. The highest BCUT2D eigenvalue weighted by Gasteiger charge is 2.32. The first-order valence-electron chi connectivity index (χ1n) is 3.88. The molecule has 0 unspecified atom stereocenters. The summed E-state index contributed by atoms with van der Waals surface area (Å²) in [7, 11) is 1.72. The van der Waals surface area contributed by atoms with E-state index in [9.17, 15) is 4.39 Å². The second-order valence-electron chi connectivity index (χ2n) is 2.90. The summed E-state index contributed by atoms with van der Waals surface area (Å²) in [6.07, 6.45) is 0.813. The van der Waals surface area contributed by atoms with E-state index in [0.717, 1.165) is 6.42 Å². The number of aryl methyl sites for hydroxylation is 1. The Balaban J connectivity index is 2.13. The highest BCUT2D eigenvalue weighted by atomic mass is 19.1. The Labute approximate surface area is 69.4 Å². The summed E-state index contributed by atoms with van der Waals surface area (Å²) in [5, 5.41) is 7.28. The molecule has 1 aliphatic rings. The highest BCUT2D eigenvalue weighted by Crippen LogP contribution is 2.28. The topological polar surface area (TPSA) is 39.9 Å². The molecule has 66 valence electrons. The van der Waals surface area contributed by atoms with Gasteiger partial charge in [0, 0.05) is 20.1 Å². The number of ether oxygens (including phenoxy) is 1. The molecule has 2 rings (SSSR count). The summed E-state index contributed by atoms with van der Waals surface area (Å²) >= 11 is 0. The van der Waals surface area contributed by atoms with Gasteiger partial charge in [-0.2, -0.15) is 0 Å². The molecule has 0 aromatic carbocycles. The molecule has 1 aromatic heterocycles. The van der Waals surface area contributed by atoms with Crippen LogP contribution in [0.1, 0.15) is 18.4 Å². The molecule has 1 saturated heterocycles. The lowest BCUT2D eigenvalue weighted by atomic mass is 10.1. The number of alkyl halides is 1. The van der Waals surface area contributed by atoms with Crippen LogP contribution in [-0.4, -0.2) is 27.5 Å². The lowest BCUT2D eigenvalue weighted by molar-refractivity contribution is -0.0965. The van der Waals surface area contributed by atoms with Gasteiger partial charge in [0.25, 0.3) is 0 Å². The van der Waals surface area contributed by atoms with E-state index in [-0.39, 0.29) is 6.10 Å². The number of hydrogen-bond donors (Lipinski definition) is 0. The van der Waals surface area contributed by atoms with E-state index in [1.165, 1.54) is 6.33 Å². The number of halogens is 1. The molecule has 0 saturated carbocycles. The number of rotatable bonds is 2. The third-order valence-corrected chi connectivity index (χ3v) is 2.05. The predicted molar refractivity (Wildman–Crippen MR) is 39.2 cm³/mol. The first-order chi connectivity index (χ1) is 5.79. The summed E-state index contributed by atoms with van der Waals surface area (Å²) in [4.78, 5) is 0. The third-order valence-electron chi connectivity index (χ3n) is 2.05. The van der Waals surface area contributed by atoms with Crippen molar-refractivity contribution in [1.29, 1.82) is 0 Å². The van der Waals surface area contributed by atoms with Crippen LogP contribution in [-0.2, 0) is 11.8 Å². The van der Waals surface area contributed by atoms with Crippen molar-refractivity contribution in [1.82, 2.24) is 14.8 Å². The zero-order valence-corrected chi connectivity index (χ0v) is 6.77. The molecule has 1 aliphatic heterocycles. The van der Waals surface area contributed by atoms with Gasteiger partial charge < -0.3 is 9.30 Å². The van der Waals surface area contributed by atoms with Crippen molar-refractivity contribution >= 4 is 0 Å². The molecule has 2 atom stereocenters. The Morgan fingerprint density at radius 2 is 2.58 bits per heavy atom. The maximum absolute atomic E-state index is 13.4. The van der Waals surface area contributed by atoms with Gasteiger partial charge in [0.05, 0.1) is 6.10 Å². The Kier molecular flexibility index (Phi) is 1.80. The molecule has 5 heteroatoms. The summed E-state index contributed by atoms with van der Waals surface area (Å²) in [5.41, 5.74) is 0. The van der Waals surface area contributed by atoms with Gasteiger partial charge in [-0.15, -0.1) is 10.2 Å². The Morgan fingerprint density at radius 1 is 1.83 bits per heavy atom. The standard InChI is InChI=1S/C7H10FN3O/c1-11-4-9-10-7(11)6(8)5-2-3-12-5/h4-6H,2-3H2,1H3/t5-,6+/m1/s1. The molecule has 0 radical (unpaired) electrons. The van der Waals surface area contributed by atoms with Gasteiger partial charge in [-0.05, 0) is 0 Å². The van der Waals surface area contributed by atoms with Gasteiger partial charge in [0.1, 0.15) is 6.33 Å². The minimum Gasteiger partial charge on any atom is -0.375 e. The monoisotopic (exact) mass is 171 g/mol. The Morgan fingerprint density at radius 3 is 3.00 bits per heavy atom. The van der Waals surface area contributed by atoms with Crippen molar-refractivity contribution in [3.8, 4) is 0 Å². The van der Waals surface area contributed by atoms with Crippen molar-refractivity contribution in [2.75, 3.05) is 6.61 Å². The van der Waals surface area contributed by atoms with Crippen LogP contribution in [0.4, 0.5) is 4.39 Å². The summed E-state index contributed by atoms with van der Waals surface area (Å²) in [6.45, 7) is 0.656. The van der Waals surface area contributed by atoms with Crippen LogP contribution >= 0.6 is 0 Å². The molecule has 0 bridgehead atoms. The SMILES string of the molecule is Cn1cnnc1[C@@H](F)[C@H]1CCO1. The Bertz CT molecular complexity index is 271. The van der Waals surface area contributed by atoms with Crippen molar-refractivity contribution < 1.29 is 9.13 Å². The van der Waals surface area contributed by atoms with Gasteiger partial charge in [-0.3, -0.25) is 0 Å². The van der Waals surface area contributed by atoms with Gasteiger partial charge in [-0.25, -0.2) is 4.39 Å². The second kappa shape index (κ2) is 2.82. The highest BCUT2D eigenvalue weighted by molar-refractivity contribution is 4.95. The fraction of sp³-hybridized carbons (Fsp3) is 0.714. The lowest BCUT2D eigenvalue weighted by Crippen LogP contribution is -2.32. The summed E-state index contributed by atoms with van der Waals surface area (Å²) in [6, 6.07) is 0. The fourth-order valence-corrected chi connectivity index (χ4v) is 1.19. The van der Waals surface area contributed by atoms with Crippen molar-refractivity contribution in [3.63, 3.8) is 0 Å². The minimum absolute atomic E-state index is 0.312. The van der Waals surface area contributed by atoms with Gasteiger partial charge in [-0.1, -0.05) is 0 Å².